The summed E-state index contributed by atoms with van der Waals surface area (Å²) in [7, 11) is 1.53. The number of benzene rings is 1. The van der Waals surface area contributed by atoms with E-state index < -0.39 is 17.2 Å². The Hall–Kier alpha value is -4.21. The van der Waals surface area contributed by atoms with E-state index in [-0.39, 0.29) is 30.8 Å². The van der Waals surface area contributed by atoms with Crippen molar-refractivity contribution in [1.82, 2.24) is 24.4 Å². The van der Waals surface area contributed by atoms with Crippen LogP contribution in [0.15, 0.2) is 69.1 Å². The molecule has 0 spiro atoms. The van der Waals surface area contributed by atoms with Gasteiger partial charge in [-0.1, -0.05) is 12.1 Å². The number of rotatable bonds is 7. The van der Waals surface area contributed by atoms with Crippen LogP contribution < -0.4 is 21.3 Å². The van der Waals surface area contributed by atoms with Crippen molar-refractivity contribution in [2.45, 2.75) is 19.6 Å². The van der Waals surface area contributed by atoms with E-state index in [1.54, 1.807) is 36.4 Å². The number of hydrogen-bond donors (Lipinski definition) is 1. The van der Waals surface area contributed by atoms with Gasteiger partial charge in [-0.05, 0) is 29.8 Å². The number of hydrogen-bond acceptors (Lipinski definition) is 7. The monoisotopic (exact) mass is 421 g/mol. The average Bonchev–Trinajstić information content (AvgIpc) is 3.32. The molecule has 10 nitrogen and oxygen atoms in total. The van der Waals surface area contributed by atoms with Gasteiger partial charge >= 0.3 is 5.69 Å². The highest BCUT2D eigenvalue weighted by molar-refractivity contribution is 5.78. The van der Waals surface area contributed by atoms with Crippen LogP contribution in [0.1, 0.15) is 11.3 Å². The highest BCUT2D eigenvalue weighted by atomic mass is 16.5. The maximum Gasteiger partial charge on any atom is 0.333 e. The summed E-state index contributed by atoms with van der Waals surface area (Å²) in [5.41, 5.74) is -0.496. The van der Waals surface area contributed by atoms with Crippen LogP contribution in [-0.4, -0.2) is 32.1 Å². The molecule has 4 aromatic rings. The summed E-state index contributed by atoms with van der Waals surface area (Å²) in [6.07, 6.45) is 4.24. The largest absolute Gasteiger partial charge is 0.497 e. The Labute approximate surface area is 175 Å². The Kier molecular flexibility index (Phi) is 5.61. The maximum absolute atomic E-state index is 13.2. The SMILES string of the molecule is COc1cccc(Cn2c(=O)c3nccnc3n(CC(=O)NCc3ccco3)c2=O)c1. The molecule has 1 amide bonds. The molecule has 0 fully saturated rings. The summed E-state index contributed by atoms with van der Waals surface area (Å²) >= 11 is 0. The minimum Gasteiger partial charge on any atom is -0.497 e. The molecule has 0 saturated heterocycles. The molecule has 0 bridgehead atoms. The molecule has 158 valence electrons. The van der Waals surface area contributed by atoms with Gasteiger partial charge in [-0.2, -0.15) is 0 Å². The van der Waals surface area contributed by atoms with Gasteiger partial charge in [-0.25, -0.2) is 14.8 Å². The quantitative estimate of drug-likeness (QED) is 0.471. The summed E-state index contributed by atoms with van der Waals surface area (Å²) in [4.78, 5) is 46.8. The Morgan fingerprint density at radius 3 is 2.74 bits per heavy atom. The first-order valence-electron chi connectivity index (χ1n) is 9.43. The number of ether oxygens (including phenoxy) is 1. The predicted octanol–water partition coefficient (Wildman–Crippen LogP) is 0.919. The maximum atomic E-state index is 13.2. The zero-order chi connectivity index (χ0) is 21.8. The van der Waals surface area contributed by atoms with E-state index in [0.29, 0.717) is 17.1 Å². The van der Waals surface area contributed by atoms with Crippen LogP contribution in [-0.2, 0) is 24.4 Å². The van der Waals surface area contributed by atoms with Gasteiger partial charge in [-0.3, -0.25) is 18.7 Å². The van der Waals surface area contributed by atoms with Crippen LogP contribution in [0.2, 0.25) is 0 Å². The highest BCUT2D eigenvalue weighted by Gasteiger charge is 2.17. The molecule has 0 atom stereocenters. The minimum absolute atomic E-state index is 0.00355. The Balaban J connectivity index is 1.71. The molecule has 3 aromatic heterocycles. The lowest BCUT2D eigenvalue weighted by Crippen LogP contribution is -2.43. The lowest BCUT2D eigenvalue weighted by Gasteiger charge is -2.13. The first-order valence-corrected chi connectivity index (χ1v) is 9.43. The molecular formula is C21H19N5O5. The van der Waals surface area contributed by atoms with Gasteiger partial charge < -0.3 is 14.5 Å². The van der Waals surface area contributed by atoms with E-state index in [0.717, 1.165) is 9.13 Å². The molecule has 31 heavy (non-hydrogen) atoms. The molecule has 3 heterocycles. The molecule has 0 aliphatic rings. The second-order valence-electron chi connectivity index (χ2n) is 6.70. The molecule has 0 radical (unpaired) electrons. The van der Waals surface area contributed by atoms with Crippen LogP contribution in [0.4, 0.5) is 0 Å². The topological polar surface area (TPSA) is 121 Å². The normalized spacial score (nSPS) is 10.9. The summed E-state index contributed by atoms with van der Waals surface area (Å²) in [6, 6.07) is 10.5. The van der Waals surface area contributed by atoms with Crippen molar-refractivity contribution in [3.05, 3.63) is 87.2 Å². The van der Waals surface area contributed by atoms with E-state index in [2.05, 4.69) is 15.3 Å². The number of methoxy groups -OCH3 is 1. The number of carbonyl (C=O) groups is 1. The van der Waals surface area contributed by atoms with Crippen LogP contribution in [0.5, 0.6) is 5.75 Å². The number of nitrogens with one attached hydrogen (secondary N) is 1. The Morgan fingerprint density at radius 1 is 1.13 bits per heavy atom. The Bertz CT molecular complexity index is 1340. The first-order chi connectivity index (χ1) is 15.1. The number of nitrogens with zero attached hydrogens (tertiary/aromatic N) is 4. The van der Waals surface area contributed by atoms with Gasteiger partial charge in [0.2, 0.25) is 5.91 Å². The van der Waals surface area contributed by atoms with Gasteiger partial charge in [0.05, 0.1) is 26.5 Å². The molecule has 1 N–H and O–H groups in total. The molecule has 1 aromatic carbocycles. The molecule has 0 unspecified atom stereocenters. The average molecular weight is 421 g/mol. The van der Waals surface area contributed by atoms with Crippen molar-refractivity contribution in [2.24, 2.45) is 0 Å². The number of amides is 1. The van der Waals surface area contributed by atoms with Gasteiger partial charge in [0.25, 0.3) is 5.56 Å². The standard InChI is InChI=1S/C21H19N5O5/c1-30-15-5-2-4-14(10-15)12-26-20(28)18-19(23-8-7-22-18)25(21(26)29)13-17(27)24-11-16-6-3-9-31-16/h2-10H,11-13H2,1H3,(H,24,27). The van der Waals surface area contributed by atoms with E-state index in [1.165, 1.54) is 25.8 Å². The molecule has 4 rings (SSSR count). The van der Waals surface area contributed by atoms with Crippen molar-refractivity contribution in [2.75, 3.05) is 7.11 Å². The summed E-state index contributed by atoms with van der Waals surface area (Å²) < 4.78 is 12.6. The van der Waals surface area contributed by atoms with Crippen LogP contribution in [0.3, 0.4) is 0 Å². The zero-order valence-corrected chi connectivity index (χ0v) is 16.6. The van der Waals surface area contributed by atoms with Gasteiger partial charge in [0, 0.05) is 12.4 Å². The first kappa shape index (κ1) is 20.1. The van der Waals surface area contributed by atoms with Crippen molar-refractivity contribution in [3.63, 3.8) is 0 Å². The van der Waals surface area contributed by atoms with Crippen molar-refractivity contribution >= 4 is 17.1 Å². The van der Waals surface area contributed by atoms with Crippen LogP contribution >= 0.6 is 0 Å². The van der Waals surface area contributed by atoms with Crippen LogP contribution in [0.25, 0.3) is 11.2 Å². The Morgan fingerprint density at radius 2 is 1.97 bits per heavy atom. The van der Waals surface area contributed by atoms with Gasteiger partial charge in [-0.15, -0.1) is 0 Å². The number of fused-ring (bicyclic) bond motifs is 1. The van der Waals surface area contributed by atoms with E-state index >= 15 is 0 Å². The highest BCUT2D eigenvalue weighted by Crippen LogP contribution is 2.13. The van der Waals surface area contributed by atoms with E-state index in [4.69, 9.17) is 9.15 Å². The van der Waals surface area contributed by atoms with Crippen LogP contribution in [0, 0.1) is 0 Å². The fraction of sp³-hybridized carbons (Fsp3) is 0.190. The minimum atomic E-state index is -0.658. The smallest absolute Gasteiger partial charge is 0.333 e. The summed E-state index contributed by atoms with van der Waals surface area (Å²) in [6.45, 7) is -0.157. The third kappa shape index (κ3) is 4.22. The number of carbonyl (C=O) groups excluding carboxylic acids is 1. The number of aromatic nitrogens is 4. The van der Waals surface area contributed by atoms with E-state index in [1.807, 2.05) is 0 Å². The second-order valence-corrected chi connectivity index (χ2v) is 6.70. The third-order valence-corrected chi connectivity index (χ3v) is 4.66. The van der Waals surface area contributed by atoms with Crippen molar-refractivity contribution in [1.29, 1.82) is 0 Å². The molecule has 0 saturated carbocycles. The fourth-order valence-electron chi connectivity index (χ4n) is 3.16. The number of furan rings is 1. The molecule has 0 aliphatic carbocycles. The summed E-state index contributed by atoms with van der Waals surface area (Å²) in [5.74, 6) is 0.745. The van der Waals surface area contributed by atoms with Crippen molar-refractivity contribution in [3.8, 4) is 5.75 Å². The van der Waals surface area contributed by atoms with Gasteiger partial charge in [0.1, 0.15) is 18.1 Å². The predicted molar refractivity (Wildman–Crippen MR) is 111 cm³/mol. The van der Waals surface area contributed by atoms with Crippen molar-refractivity contribution < 1.29 is 13.9 Å². The molecular weight excluding hydrogens is 402 g/mol. The molecule has 0 aliphatic heterocycles. The lowest BCUT2D eigenvalue weighted by atomic mass is 10.2. The zero-order valence-electron chi connectivity index (χ0n) is 16.6. The third-order valence-electron chi connectivity index (χ3n) is 4.66. The van der Waals surface area contributed by atoms with E-state index in [9.17, 15) is 14.4 Å². The van der Waals surface area contributed by atoms with Gasteiger partial charge in [0.15, 0.2) is 11.2 Å². The fourth-order valence-corrected chi connectivity index (χ4v) is 3.16. The summed E-state index contributed by atoms with van der Waals surface area (Å²) in [5, 5.41) is 2.68. The second kappa shape index (κ2) is 8.66. The lowest BCUT2D eigenvalue weighted by molar-refractivity contribution is -0.121. The molecule has 10 heteroatoms.